The molecule has 1 aliphatic heterocycles. The number of rotatable bonds is 6. The maximum Gasteiger partial charge on any atom is 0.419 e. The number of anilines is 1. The van der Waals surface area contributed by atoms with Gasteiger partial charge in [-0.15, -0.1) is 0 Å². The number of primary amides is 1. The molecule has 0 bridgehead atoms. The van der Waals surface area contributed by atoms with Crippen molar-refractivity contribution >= 4 is 28.7 Å². The Kier molecular flexibility index (Phi) is 6.16. The van der Waals surface area contributed by atoms with Gasteiger partial charge in [0.2, 0.25) is 11.9 Å². The highest BCUT2D eigenvalue weighted by Crippen LogP contribution is 2.28. The molecule has 1 aromatic carbocycles. The number of fused-ring (bicyclic) bond motifs is 1. The number of hydrogen-bond donors (Lipinski definition) is 2. The summed E-state index contributed by atoms with van der Waals surface area (Å²) in [6, 6.07) is 5.11. The number of nitrogens with zero attached hydrogens (tertiary/aromatic N) is 5. The van der Waals surface area contributed by atoms with Crippen molar-refractivity contribution in [3.63, 3.8) is 0 Å². The van der Waals surface area contributed by atoms with E-state index in [-0.39, 0.29) is 24.3 Å². The van der Waals surface area contributed by atoms with E-state index >= 15 is 0 Å². The van der Waals surface area contributed by atoms with Crippen LogP contribution in [0, 0.1) is 0 Å². The number of nitrogens with one attached hydrogen (secondary N) is 1. The smallest absolute Gasteiger partial charge is 0.366 e. The average Bonchev–Trinajstić information content (AvgIpc) is 3.21. The van der Waals surface area contributed by atoms with Crippen LogP contribution in [0.25, 0.3) is 10.9 Å². The van der Waals surface area contributed by atoms with Gasteiger partial charge < -0.3 is 16.0 Å². The Bertz CT molecular complexity index is 1150. The van der Waals surface area contributed by atoms with Crippen LogP contribution in [-0.4, -0.2) is 50.7 Å². The van der Waals surface area contributed by atoms with Crippen LogP contribution in [0.2, 0.25) is 0 Å². The number of nitrogens with two attached hydrogens (primary N) is 1. The van der Waals surface area contributed by atoms with Gasteiger partial charge in [0.05, 0.1) is 11.1 Å². The molecule has 12 heteroatoms. The van der Waals surface area contributed by atoms with E-state index < -0.39 is 17.6 Å². The van der Waals surface area contributed by atoms with Crippen LogP contribution in [0.3, 0.4) is 0 Å². The van der Waals surface area contributed by atoms with Crippen molar-refractivity contribution in [3.8, 4) is 0 Å². The largest absolute Gasteiger partial charge is 0.419 e. The molecule has 0 radical (unpaired) electrons. The molecule has 0 atom stereocenters. The third kappa shape index (κ3) is 5.21. The number of piperidine rings is 1. The van der Waals surface area contributed by atoms with Gasteiger partial charge in [0.15, 0.2) is 0 Å². The fraction of sp³-hybridized carbons (Fsp3) is 0.381. The topological polar surface area (TPSA) is 119 Å². The molecule has 2 amide bonds. The number of aryl methyl sites for hydroxylation is 1. The molecule has 3 heterocycles. The molecule has 3 aromatic rings. The summed E-state index contributed by atoms with van der Waals surface area (Å²) in [6.07, 6.45) is 0.318. The number of aromatic nitrogens is 4. The van der Waals surface area contributed by atoms with E-state index in [2.05, 4.69) is 20.4 Å². The van der Waals surface area contributed by atoms with Crippen molar-refractivity contribution in [1.82, 2.24) is 25.1 Å². The van der Waals surface area contributed by atoms with E-state index in [9.17, 15) is 22.8 Å². The van der Waals surface area contributed by atoms with Crippen molar-refractivity contribution in [2.45, 2.75) is 38.0 Å². The van der Waals surface area contributed by atoms with Crippen molar-refractivity contribution < 1.29 is 22.8 Å². The summed E-state index contributed by atoms with van der Waals surface area (Å²) in [4.78, 5) is 33.4. The van der Waals surface area contributed by atoms with Crippen molar-refractivity contribution in [1.29, 1.82) is 0 Å². The Morgan fingerprint density at radius 1 is 1.15 bits per heavy atom. The van der Waals surface area contributed by atoms with Gasteiger partial charge in [0, 0.05) is 56.1 Å². The molecule has 174 valence electrons. The lowest BCUT2D eigenvalue weighted by Crippen LogP contribution is -2.45. The molecule has 4 rings (SSSR count). The number of halogens is 3. The zero-order valence-electron chi connectivity index (χ0n) is 17.5. The molecule has 33 heavy (non-hydrogen) atoms. The zero-order chi connectivity index (χ0) is 23.6. The van der Waals surface area contributed by atoms with E-state index in [0.717, 1.165) is 17.8 Å². The van der Waals surface area contributed by atoms with E-state index in [1.807, 2.05) is 6.07 Å². The minimum atomic E-state index is -4.47. The maximum absolute atomic E-state index is 12.7. The van der Waals surface area contributed by atoms with Crippen LogP contribution in [0.1, 0.15) is 35.2 Å². The fourth-order valence-corrected chi connectivity index (χ4v) is 3.78. The van der Waals surface area contributed by atoms with Gasteiger partial charge in [-0.1, -0.05) is 12.1 Å². The van der Waals surface area contributed by atoms with E-state index in [0.29, 0.717) is 43.6 Å². The molecule has 0 unspecified atom stereocenters. The van der Waals surface area contributed by atoms with Gasteiger partial charge in [-0.2, -0.15) is 18.3 Å². The first-order chi connectivity index (χ1) is 15.7. The average molecular weight is 461 g/mol. The second-order valence-corrected chi connectivity index (χ2v) is 7.85. The summed E-state index contributed by atoms with van der Waals surface area (Å²) in [7, 11) is 0. The van der Waals surface area contributed by atoms with Crippen molar-refractivity contribution in [2.75, 3.05) is 18.0 Å². The lowest BCUT2D eigenvalue weighted by molar-refractivity contribution is -0.138. The van der Waals surface area contributed by atoms with E-state index in [1.165, 1.54) is 0 Å². The molecule has 2 aromatic heterocycles. The van der Waals surface area contributed by atoms with Crippen LogP contribution >= 0.6 is 0 Å². The lowest BCUT2D eigenvalue weighted by Gasteiger charge is -2.32. The summed E-state index contributed by atoms with van der Waals surface area (Å²) in [5.74, 6) is -0.445. The SMILES string of the molecule is NC(=O)c1cccc2cn(CCC(=O)NC3CCN(c4ncc(C(F)(F)F)cn4)CC3)nc12. The highest BCUT2D eigenvalue weighted by molar-refractivity contribution is 6.04. The summed E-state index contributed by atoms with van der Waals surface area (Å²) in [6.45, 7) is 1.39. The van der Waals surface area contributed by atoms with Gasteiger partial charge in [-0.3, -0.25) is 14.3 Å². The lowest BCUT2D eigenvalue weighted by atomic mass is 10.1. The van der Waals surface area contributed by atoms with Crippen LogP contribution in [0.5, 0.6) is 0 Å². The Balaban J connectivity index is 1.26. The standard InChI is InChI=1S/C21H22F3N7O2/c22-21(23,24)14-10-26-20(27-11-14)30-7-4-15(5-8-30)28-17(32)6-9-31-12-13-2-1-3-16(19(25)33)18(13)29-31/h1-3,10-12,15H,4-9H2,(H2,25,33)(H,28,32). The maximum atomic E-state index is 12.7. The molecule has 1 fully saturated rings. The number of hydrogen-bond acceptors (Lipinski definition) is 6. The van der Waals surface area contributed by atoms with Crippen molar-refractivity contribution in [3.05, 3.63) is 47.9 Å². The molecule has 0 aliphatic carbocycles. The molecule has 0 saturated carbocycles. The highest BCUT2D eigenvalue weighted by atomic mass is 19.4. The minimum absolute atomic E-state index is 0.0404. The van der Waals surface area contributed by atoms with Crippen LogP contribution in [0.4, 0.5) is 19.1 Å². The number of alkyl halides is 3. The first-order valence-corrected chi connectivity index (χ1v) is 10.4. The number of benzene rings is 1. The molecule has 3 N–H and O–H groups in total. The first-order valence-electron chi connectivity index (χ1n) is 10.4. The Hall–Kier alpha value is -3.70. The second kappa shape index (κ2) is 9.04. The Labute approximate surface area is 186 Å². The quantitative estimate of drug-likeness (QED) is 0.581. The third-order valence-corrected chi connectivity index (χ3v) is 5.53. The molecular formula is C21H22F3N7O2. The number of carbonyl (C=O) groups is 2. The predicted molar refractivity (Wildman–Crippen MR) is 113 cm³/mol. The summed E-state index contributed by atoms with van der Waals surface area (Å²) < 4.78 is 39.6. The van der Waals surface area contributed by atoms with Crippen LogP contribution in [0.15, 0.2) is 36.8 Å². The highest BCUT2D eigenvalue weighted by Gasteiger charge is 2.32. The first kappa shape index (κ1) is 22.5. The Morgan fingerprint density at radius 2 is 1.85 bits per heavy atom. The Morgan fingerprint density at radius 3 is 2.48 bits per heavy atom. The summed E-state index contributed by atoms with van der Waals surface area (Å²) in [5.41, 5.74) is 5.33. The third-order valence-electron chi connectivity index (χ3n) is 5.53. The van der Waals surface area contributed by atoms with Gasteiger partial charge in [-0.05, 0) is 18.9 Å². The van der Waals surface area contributed by atoms with Gasteiger partial charge in [0.25, 0.3) is 5.91 Å². The monoisotopic (exact) mass is 461 g/mol. The normalized spacial score (nSPS) is 15.1. The van der Waals surface area contributed by atoms with Crippen LogP contribution < -0.4 is 16.0 Å². The molecule has 0 spiro atoms. The summed E-state index contributed by atoms with van der Waals surface area (Å²) in [5, 5.41) is 8.11. The van der Waals surface area contributed by atoms with Crippen molar-refractivity contribution in [2.24, 2.45) is 5.73 Å². The molecule has 1 saturated heterocycles. The second-order valence-electron chi connectivity index (χ2n) is 7.85. The fourth-order valence-electron chi connectivity index (χ4n) is 3.78. The summed E-state index contributed by atoms with van der Waals surface area (Å²) >= 11 is 0. The molecule has 9 nitrogen and oxygen atoms in total. The minimum Gasteiger partial charge on any atom is -0.366 e. The number of carbonyl (C=O) groups excluding carboxylic acids is 2. The molecule has 1 aliphatic rings. The van der Waals surface area contributed by atoms with Gasteiger partial charge in [-0.25, -0.2) is 9.97 Å². The zero-order valence-corrected chi connectivity index (χ0v) is 17.5. The van der Waals surface area contributed by atoms with Gasteiger partial charge in [0.1, 0.15) is 5.52 Å². The van der Waals surface area contributed by atoms with E-state index in [4.69, 9.17) is 5.73 Å². The van der Waals surface area contributed by atoms with E-state index in [1.54, 1.807) is 27.9 Å². The molecular weight excluding hydrogens is 439 g/mol. The number of amides is 2. The predicted octanol–water partition coefficient (Wildman–Crippen LogP) is 2.12. The van der Waals surface area contributed by atoms with Crippen LogP contribution in [-0.2, 0) is 17.5 Å². The van der Waals surface area contributed by atoms with Gasteiger partial charge >= 0.3 is 6.18 Å².